The summed E-state index contributed by atoms with van der Waals surface area (Å²) in [6.45, 7) is 8.62. The van der Waals surface area contributed by atoms with Gasteiger partial charge in [-0.2, -0.15) is 5.10 Å². The quantitative estimate of drug-likeness (QED) is 0.420. The Bertz CT molecular complexity index is 1320. The molecule has 0 radical (unpaired) electrons. The van der Waals surface area contributed by atoms with Gasteiger partial charge in [0.25, 0.3) is 5.91 Å². The smallest absolute Gasteiger partial charge is 0.259 e. The van der Waals surface area contributed by atoms with E-state index in [1.165, 1.54) is 30.5 Å². The lowest BCUT2D eigenvalue weighted by Crippen LogP contribution is -2.16. The number of halogens is 1. The number of amides is 1. The minimum absolute atomic E-state index is 0.345. The SMILES string of the molecule is CCOc1ccc(-c2c(C)nn3c(C)c(C(=O)Nc4ccc(F)cc4)cnc23)cc1OCC. The van der Waals surface area contributed by atoms with Crippen molar-refractivity contribution in [3.63, 3.8) is 0 Å². The average molecular weight is 448 g/mol. The third-order valence-electron chi connectivity index (χ3n) is 5.24. The van der Waals surface area contributed by atoms with Crippen molar-refractivity contribution < 1.29 is 18.7 Å². The van der Waals surface area contributed by atoms with Crippen LogP contribution in [-0.4, -0.2) is 33.7 Å². The second-order valence-electron chi connectivity index (χ2n) is 7.44. The van der Waals surface area contributed by atoms with Gasteiger partial charge in [0, 0.05) is 17.4 Å². The number of anilines is 1. The molecule has 2 heterocycles. The number of aromatic nitrogens is 3. The number of nitrogens with zero attached hydrogens (tertiary/aromatic N) is 3. The van der Waals surface area contributed by atoms with Crippen LogP contribution in [0.3, 0.4) is 0 Å². The topological polar surface area (TPSA) is 77.8 Å². The highest BCUT2D eigenvalue weighted by Gasteiger charge is 2.20. The Balaban J connectivity index is 1.73. The number of hydrogen-bond donors (Lipinski definition) is 1. The maximum atomic E-state index is 13.1. The molecule has 0 aliphatic heterocycles. The summed E-state index contributed by atoms with van der Waals surface area (Å²) in [6.07, 6.45) is 1.53. The third-order valence-corrected chi connectivity index (χ3v) is 5.24. The molecule has 0 bridgehead atoms. The first-order valence-corrected chi connectivity index (χ1v) is 10.7. The van der Waals surface area contributed by atoms with Gasteiger partial charge in [-0.05, 0) is 69.7 Å². The number of hydrogen-bond acceptors (Lipinski definition) is 5. The average Bonchev–Trinajstić information content (AvgIpc) is 3.14. The van der Waals surface area contributed by atoms with Crippen LogP contribution in [-0.2, 0) is 0 Å². The number of nitrogens with one attached hydrogen (secondary N) is 1. The van der Waals surface area contributed by atoms with Crippen LogP contribution in [0.15, 0.2) is 48.7 Å². The molecule has 2 aromatic carbocycles. The lowest BCUT2D eigenvalue weighted by molar-refractivity contribution is 0.102. The van der Waals surface area contributed by atoms with E-state index in [-0.39, 0.29) is 11.7 Å². The molecule has 7 nitrogen and oxygen atoms in total. The summed E-state index contributed by atoms with van der Waals surface area (Å²) < 4.78 is 26.3. The zero-order valence-electron chi connectivity index (χ0n) is 19.0. The Hall–Kier alpha value is -3.94. The van der Waals surface area contributed by atoms with E-state index in [1.54, 1.807) is 4.52 Å². The standard InChI is InChI=1S/C25H25FN4O3/c1-5-32-21-12-7-17(13-22(21)33-6-2)23-15(3)29-30-16(4)20(14-27-24(23)30)25(31)28-19-10-8-18(26)9-11-19/h7-14H,5-6H2,1-4H3,(H,28,31). The van der Waals surface area contributed by atoms with Crippen molar-refractivity contribution in [2.24, 2.45) is 0 Å². The molecule has 0 saturated carbocycles. The van der Waals surface area contributed by atoms with Gasteiger partial charge in [-0.15, -0.1) is 0 Å². The molecule has 2 aromatic heterocycles. The van der Waals surface area contributed by atoms with Gasteiger partial charge >= 0.3 is 0 Å². The number of ether oxygens (including phenoxy) is 2. The fraction of sp³-hybridized carbons (Fsp3) is 0.240. The van der Waals surface area contributed by atoms with E-state index < -0.39 is 0 Å². The summed E-state index contributed by atoms with van der Waals surface area (Å²) in [4.78, 5) is 17.4. The minimum atomic E-state index is -0.367. The Morgan fingerprint density at radius 3 is 2.42 bits per heavy atom. The van der Waals surface area contributed by atoms with E-state index in [9.17, 15) is 9.18 Å². The summed E-state index contributed by atoms with van der Waals surface area (Å²) in [5, 5.41) is 7.40. The molecule has 1 N–H and O–H groups in total. The molecule has 0 fully saturated rings. The maximum absolute atomic E-state index is 13.1. The predicted octanol–water partition coefficient (Wildman–Crippen LogP) is 5.20. The summed E-state index contributed by atoms with van der Waals surface area (Å²) in [6, 6.07) is 11.3. The highest BCUT2D eigenvalue weighted by atomic mass is 19.1. The van der Waals surface area contributed by atoms with Crippen LogP contribution in [0.1, 0.15) is 35.6 Å². The molecular formula is C25H25FN4O3. The molecule has 0 aliphatic rings. The fourth-order valence-electron chi connectivity index (χ4n) is 3.70. The normalized spacial score (nSPS) is 10.9. The number of fused-ring (bicyclic) bond motifs is 1. The molecule has 0 spiro atoms. The summed E-state index contributed by atoms with van der Waals surface area (Å²) in [5.74, 6) is 0.625. The van der Waals surface area contributed by atoms with Crippen molar-refractivity contribution >= 4 is 17.2 Å². The van der Waals surface area contributed by atoms with Crippen LogP contribution in [0, 0.1) is 19.7 Å². The molecular weight excluding hydrogens is 423 g/mol. The first-order valence-electron chi connectivity index (χ1n) is 10.7. The minimum Gasteiger partial charge on any atom is -0.490 e. The van der Waals surface area contributed by atoms with Gasteiger partial charge in [-0.25, -0.2) is 13.9 Å². The van der Waals surface area contributed by atoms with Crippen LogP contribution in [0.25, 0.3) is 16.8 Å². The summed E-state index contributed by atoms with van der Waals surface area (Å²) >= 11 is 0. The van der Waals surface area contributed by atoms with E-state index in [2.05, 4.69) is 15.4 Å². The van der Waals surface area contributed by atoms with Crippen molar-refractivity contribution in [3.05, 3.63) is 71.4 Å². The maximum Gasteiger partial charge on any atom is 0.259 e. The van der Waals surface area contributed by atoms with Crippen molar-refractivity contribution in [1.82, 2.24) is 14.6 Å². The largest absolute Gasteiger partial charge is 0.490 e. The third kappa shape index (κ3) is 4.37. The van der Waals surface area contributed by atoms with E-state index in [0.29, 0.717) is 47.3 Å². The van der Waals surface area contributed by atoms with Crippen LogP contribution < -0.4 is 14.8 Å². The van der Waals surface area contributed by atoms with Crippen molar-refractivity contribution in [2.75, 3.05) is 18.5 Å². The predicted molar refractivity (Wildman–Crippen MR) is 125 cm³/mol. The Labute approximate surface area is 191 Å². The lowest BCUT2D eigenvalue weighted by atomic mass is 10.1. The number of rotatable bonds is 7. The van der Waals surface area contributed by atoms with Crippen molar-refractivity contribution in [1.29, 1.82) is 0 Å². The molecule has 0 saturated heterocycles. The summed E-state index contributed by atoms with van der Waals surface area (Å²) in [7, 11) is 0. The molecule has 0 unspecified atom stereocenters. The molecule has 4 rings (SSSR count). The molecule has 0 atom stereocenters. The first-order chi connectivity index (χ1) is 15.9. The molecule has 0 aliphatic carbocycles. The monoisotopic (exact) mass is 448 g/mol. The van der Waals surface area contributed by atoms with Gasteiger partial charge < -0.3 is 14.8 Å². The fourth-order valence-corrected chi connectivity index (χ4v) is 3.70. The van der Waals surface area contributed by atoms with Crippen LogP contribution >= 0.6 is 0 Å². The number of aryl methyl sites for hydroxylation is 2. The molecule has 8 heteroatoms. The van der Waals surface area contributed by atoms with Gasteiger partial charge in [0.1, 0.15) is 5.82 Å². The van der Waals surface area contributed by atoms with Crippen LogP contribution in [0.5, 0.6) is 11.5 Å². The molecule has 170 valence electrons. The van der Waals surface area contributed by atoms with E-state index in [1.807, 2.05) is 45.9 Å². The van der Waals surface area contributed by atoms with Crippen molar-refractivity contribution in [3.8, 4) is 22.6 Å². The molecule has 33 heavy (non-hydrogen) atoms. The molecule has 4 aromatic rings. The van der Waals surface area contributed by atoms with Gasteiger partial charge in [-0.1, -0.05) is 6.07 Å². The van der Waals surface area contributed by atoms with Crippen LogP contribution in [0.4, 0.5) is 10.1 Å². The summed E-state index contributed by atoms with van der Waals surface area (Å²) in [5.41, 5.74) is 4.67. The second-order valence-corrected chi connectivity index (χ2v) is 7.44. The van der Waals surface area contributed by atoms with E-state index >= 15 is 0 Å². The molecule has 1 amide bonds. The van der Waals surface area contributed by atoms with Gasteiger partial charge in [0.05, 0.1) is 30.2 Å². The zero-order valence-corrected chi connectivity index (χ0v) is 19.0. The Kier molecular flexibility index (Phi) is 6.26. The van der Waals surface area contributed by atoms with Crippen molar-refractivity contribution in [2.45, 2.75) is 27.7 Å². The first kappa shape index (κ1) is 22.3. The van der Waals surface area contributed by atoms with E-state index in [0.717, 1.165) is 16.8 Å². The highest BCUT2D eigenvalue weighted by molar-refractivity contribution is 6.05. The number of benzene rings is 2. The Morgan fingerprint density at radius 1 is 1.03 bits per heavy atom. The van der Waals surface area contributed by atoms with Gasteiger partial charge in [0.15, 0.2) is 17.1 Å². The zero-order chi connectivity index (χ0) is 23.5. The lowest BCUT2D eigenvalue weighted by Gasteiger charge is -2.12. The van der Waals surface area contributed by atoms with Crippen LogP contribution in [0.2, 0.25) is 0 Å². The van der Waals surface area contributed by atoms with E-state index in [4.69, 9.17) is 9.47 Å². The highest BCUT2D eigenvalue weighted by Crippen LogP contribution is 2.36. The number of carbonyl (C=O) groups is 1. The Morgan fingerprint density at radius 2 is 1.73 bits per heavy atom. The number of carbonyl (C=O) groups excluding carboxylic acids is 1. The van der Waals surface area contributed by atoms with Gasteiger partial charge in [-0.3, -0.25) is 4.79 Å². The van der Waals surface area contributed by atoms with Gasteiger partial charge in [0.2, 0.25) is 0 Å². The second kappa shape index (κ2) is 9.28.